The molecule has 37 heavy (non-hydrogen) atoms. The van der Waals surface area contributed by atoms with E-state index in [0.717, 1.165) is 12.8 Å². The smallest absolute Gasteiger partial charge is 0.338 e. The quantitative estimate of drug-likeness (QED) is 0.405. The molecule has 186 valence electrons. The van der Waals surface area contributed by atoms with E-state index in [2.05, 4.69) is 17.4 Å². The molecule has 0 spiro atoms. The molecule has 1 N–H and O–H groups in total. The number of hydrogen-bond donors (Lipinski definition) is 1. The van der Waals surface area contributed by atoms with E-state index in [9.17, 15) is 19.2 Å². The third-order valence-corrected chi connectivity index (χ3v) is 7.98. The number of anilines is 2. The average molecular weight is 495 g/mol. The van der Waals surface area contributed by atoms with Gasteiger partial charge in [0.2, 0.25) is 11.8 Å². The largest absolute Gasteiger partial charge is 0.452 e. The Bertz CT molecular complexity index is 1370. The third-order valence-electron chi connectivity index (χ3n) is 7.98. The molecule has 1 aliphatic heterocycles. The summed E-state index contributed by atoms with van der Waals surface area (Å²) in [6.07, 6.45) is 1.82. The molecule has 2 saturated carbocycles. The minimum absolute atomic E-state index is 0.148. The minimum Gasteiger partial charge on any atom is -0.452 e. The van der Waals surface area contributed by atoms with Crippen LogP contribution in [0.1, 0.15) is 34.7 Å². The second kappa shape index (κ2) is 9.32. The molecular weight excluding hydrogens is 468 g/mol. The van der Waals surface area contributed by atoms with Crippen molar-refractivity contribution in [3.63, 3.8) is 0 Å². The second-order valence-corrected chi connectivity index (χ2v) is 10.0. The number of fused-ring (bicyclic) bond motifs is 5. The van der Waals surface area contributed by atoms with E-state index in [-0.39, 0.29) is 47.0 Å². The Labute approximate surface area is 214 Å². The Balaban J connectivity index is 1.15. The predicted octanol–water partition coefficient (Wildman–Crippen LogP) is 4.41. The number of nitrogens with zero attached hydrogens (tertiary/aromatic N) is 1. The molecule has 3 amide bonds. The summed E-state index contributed by atoms with van der Waals surface area (Å²) in [5.41, 5.74) is 2.37. The molecule has 7 heteroatoms. The van der Waals surface area contributed by atoms with Gasteiger partial charge in [-0.05, 0) is 66.5 Å². The van der Waals surface area contributed by atoms with Crippen LogP contribution in [0.25, 0.3) is 0 Å². The summed E-state index contributed by atoms with van der Waals surface area (Å²) in [6, 6.07) is 25.4. The van der Waals surface area contributed by atoms with Crippen molar-refractivity contribution >= 4 is 35.1 Å². The molecule has 0 aromatic heterocycles. The standard InChI is InChI=1S/C30H26N2O5/c33-25(31-21-11-5-2-6-12-21)17-37-30(36)19-10-7-13-22(14-19)32-28(34)26-20-15-23(18-8-3-1-4-9-18)24(16-20)27(26)29(32)35/h1-14,20,23-24,26-27H,15-17H2,(H,31,33)/t20-,23-,24+,26+,27-/m0/s1. The molecule has 5 atom stereocenters. The zero-order chi connectivity index (χ0) is 25.5. The first kappa shape index (κ1) is 23.2. The number of benzene rings is 3. The summed E-state index contributed by atoms with van der Waals surface area (Å²) in [5.74, 6) is -1.52. The van der Waals surface area contributed by atoms with Crippen molar-refractivity contribution in [1.82, 2.24) is 0 Å². The Hall–Kier alpha value is -4.26. The lowest BCUT2D eigenvalue weighted by molar-refractivity contribution is -0.123. The van der Waals surface area contributed by atoms with Crippen molar-refractivity contribution < 1.29 is 23.9 Å². The van der Waals surface area contributed by atoms with Crippen LogP contribution in [0.3, 0.4) is 0 Å². The fourth-order valence-corrected chi connectivity index (χ4v) is 6.50. The number of amides is 3. The first-order valence-corrected chi connectivity index (χ1v) is 12.6. The highest BCUT2D eigenvalue weighted by Gasteiger charge is 2.64. The maximum atomic E-state index is 13.6. The second-order valence-electron chi connectivity index (χ2n) is 10.0. The van der Waals surface area contributed by atoms with Crippen LogP contribution in [0, 0.1) is 23.7 Å². The number of ether oxygens (including phenoxy) is 1. The number of nitrogens with one attached hydrogen (secondary N) is 1. The topological polar surface area (TPSA) is 92.8 Å². The highest BCUT2D eigenvalue weighted by molar-refractivity contribution is 6.23. The van der Waals surface area contributed by atoms with Gasteiger partial charge in [0.1, 0.15) is 0 Å². The van der Waals surface area contributed by atoms with E-state index in [1.807, 2.05) is 24.3 Å². The number of carbonyl (C=O) groups excluding carboxylic acids is 4. The first-order valence-electron chi connectivity index (χ1n) is 12.6. The lowest BCUT2D eigenvalue weighted by Gasteiger charge is -2.28. The molecular formula is C30H26N2O5. The lowest BCUT2D eigenvalue weighted by atomic mass is 9.73. The molecule has 6 rings (SSSR count). The van der Waals surface area contributed by atoms with Crippen LogP contribution in [0.4, 0.5) is 11.4 Å². The van der Waals surface area contributed by atoms with Crippen molar-refractivity contribution in [2.24, 2.45) is 23.7 Å². The van der Waals surface area contributed by atoms with Crippen molar-refractivity contribution in [2.75, 3.05) is 16.8 Å². The highest BCUT2D eigenvalue weighted by Crippen LogP contribution is 2.61. The van der Waals surface area contributed by atoms with Crippen LogP contribution in [0.5, 0.6) is 0 Å². The van der Waals surface area contributed by atoms with Crippen LogP contribution in [0.2, 0.25) is 0 Å². The molecule has 7 nitrogen and oxygen atoms in total. The molecule has 0 radical (unpaired) electrons. The van der Waals surface area contributed by atoms with Crippen molar-refractivity contribution in [2.45, 2.75) is 18.8 Å². The highest BCUT2D eigenvalue weighted by atomic mass is 16.5. The maximum Gasteiger partial charge on any atom is 0.338 e. The van der Waals surface area contributed by atoms with Gasteiger partial charge in [-0.1, -0.05) is 54.6 Å². The van der Waals surface area contributed by atoms with Crippen LogP contribution >= 0.6 is 0 Å². The first-order chi connectivity index (χ1) is 18.0. The number of esters is 1. The Morgan fingerprint density at radius 1 is 0.838 bits per heavy atom. The third kappa shape index (κ3) is 4.10. The predicted molar refractivity (Wildman–Crippen MR) is 137 cm³/mol. The summed E-state index contributed by atoms with van der Waals surface area (Å²) in [5, 5.41) is 2.65. The van der Waals surface area contributed by atoms with Gasteiger partial charge in [-0.25, -0.2) is 4.79 Å². The van der Waals surface area contributed by atoms with E-state index < -0.39 is 18.5 Å². The van der Waals surface area contributed by atoms with Gasteiger partial charge in [0.15, 0.2) is 6.61 Å². The van der Waals surface area contributed by atoms with Crippen molar-refractivity contribution in [1.29, 1.82) is 0 Å². The van der Waals surface area contributed by atoms with Gasteiger partial charge in [0, 0.05) is 5.69 Å². The van der Waals surface area contributed by atoms with Crippen LogP contribution < -0.4 is 10.2 Å². The van der Waals surface area contributed by atoms with Crippen molar-refractivity contribution in [3.8, 4) is 0 Å². The SMILES string of the molecule is O=C(COC(=O)c1cccc(N2C(=O)[C@@H]3[C@@H]4C[C@@H]([C@@H]3C2=O)[C@H](c2ccccc2)C4)c1)Nc1ccccc1. The number of imide groups is 1. The van der Waals surface area contributed by atoms with Crippen molar-refractivity contribution in [3.05, 3.63) is 96.1 Å². The van der Waals surface area contributed by atoms with E-state index >= 15 is 0 Å². The zero-order valence-electron chi connectivity index (χ0n) is 20.1. The van der Waals surface area contributed by atoms with E-state index in [0.29, 0.717) is 11.4 Å². The number of hydrogen-bond acceptors (Lipinski definition) is 5. The molecule has 2 aliphatic carbocycles. The van der Waals surface area contributed by atoms with E-state index in [1.54, 1.807) is 42.5 Å². The molecule has 3 aromatic carbocycles. The maximum absolute atomic E-state index is 13.6. The minimum atomic E-state index is -0.700. The molecule has 3 aromatic rings. The summed E-state index contributed by atoms with van der Waals surface area (Å²) in [4.78, 5) is 53.0. The van der Waals surface area contributed by atoms with Gasteiger partial charge in [-0.2, -0.15) is 0 Å². The van der Waals surface area contributed by atoms with Crippen LogP contribution in [-0.4, -0.2) is 30.3 Å². The summed E-state index contributed by atoms with van der Waals surface area (Å²) in [7, 11) is 0. The lowest BCUT2D eigenvalue weighted by Crippen LogP contribution is -2.33. The molecule has 3 fully saturated rings. The number of carbonyl (C=O) groups is 4. The average Bonchev–Trinajstić information content (AvgIpc) is 3.59. The van der Waals surface area contributed by atoms with Gasteiger partial charge in [0.25, 0.3) is 5.91 Å². The fourth-order valence-electron chi connectivity index (χ4n) is 6.50. The Morgan fingerprint density at radius 2 is 1.54 bits per heavy atom. The number of rotatable bonds is 6. The van der Waals surface area contributed by atoms with E-state index in [4.69, 9.17) is 4.74 Å². The molecule has 2 bridgehead atoms. The van der Waals surface area contributed by atoms with Gasteiger partial charge in [0.05, 0.1) is 23.1 Å². The summed E-state index contributed by atoms with van der Waals surface area (Å²) >= 11 is 0. The van der Waals surface area contributed by atoms with Crippen LogP contribution in [-0.2, 0) is 19.1 Å². The fraction of sp³-hybridized carbons (Fsp3) is 0.267. The Morgan fingerprint density at radius 3 is 2.30 bits per heavy atom. The van der Waals surface area contributed by atoms with E-state index in [1.165, 1.54) is 16.5 Å². The van der Waals surface area contributed by atoms with Gasteiger partial charge in [-0.3, -0.25) is 19.3 Å². The van der Waals surface area contributed by atoms with Gasteiger partial charge < -0.3 is 10.1 Å². The molecule has 0 unspecified atom stereocenters. The van der Waals surface area contributed by atoms with Crippen LogP contribution in [0.15, 0.2) is 84.9 Å². The molecule has 3 aliphatic rings. The molecule has 1 heterocycles. The van der Waals surface area contributed by atoms with Gasteiger partial charge >= 0.3 is 5.97 Å². The summed E-state index contributed by atoms with van der Waals surface area (Å²) < 4.78 is 5.18. The molecule has 1 saturated heterocycles. The monoisotopic (exact) mass is 494 g/mol. The van der Waals surface area contributed by atoms with Gasteiger partial charge in [-0.15, -0.1) is 0 Å². The normalized spacial score (nSPS) is 25.7. The zero-order valence-corrected chi connectivity index (χ0v) is 20.1. The number of para-hydroxylation sites is 1. The summed E-state index contributed by atoms with van der Waals surface area (Å²) in [6.45, 7) is -0.450. The Kier molecular flexibility index (Phi) is 5.83.